The number of nitrogens with zero attached hydrogens (tertiary/aromatic N) is 2. The van der Waals surface area contributed by atoms with Crippen molar-refractivity contribution in [2.75, 3.05) is 39.8 Å². The van der Waals surface area contributed by atoms with E-state index in [1.54, 1.807) is 4.90 Å². The predicted octanol–water partition coefficient (Wildman–Crippen LogP) is 1.64. The van der Waals surface area contributed by atoms with Crippen LogP contribution in [0.1, 0.15) is 16.8 Å². The molecule has 1 fully saturated rings. The summed E-state index contributed by atoms with van der Waals surface area (Å²) >= 11 is 12.0. The zero-order valence-electron chi connectivity index (χ0n) is 12.8. The number of methoxy groups -OCH3 is 1. The van der Waals surface area contributed by atoms with E-state index in [-0.39, 0.29) is 18.4 Å². The van der Waals surface area contributed by atoms with Gasteiger partial charge in [-0.25, -0.2) is 0 Å². The van der Waals surface area contributed by atoms with E-state index in [0.29, 0.717) is 41.0 Å². The Balaban J connectivity index is 2.14. The van der Waals surface area contributed by atoms with E-state index in [1.165, 1.54) is 19.2 Å². The second-order valence-corrected chi connectivity index (χ2v) is 6.17. The smallest absolute Gasteiger partial charge is 0.257 e. The molecule has 0 saturated carbocycles. The van der Waals surface area contributed by atoms with Gasteiger partial charge in [-0.15, -0.1) is 0 Å². The molecule has 2 rings (SSSR count). The summed E-state index contributed by atoms with van der Waals surface area (Å²) in [6.45, 7) is 2.63. The Bertz CT molecular complexity index is 610. The van der Waals surface area contributed by atoms with Crippen LogP contribution in [0.2, 0.25) is 10.0 Å². The first-order valence-corrected chi connectivity index (χ1v) is 8.01. The lowest BCUT2D eigenvalue weighted by Gasteiger charge is -2.22. The van der Waals surface area contributed by atoms with Crippen molar-refractivity contribution in [2.24, 2.45) is 5.73 Å². The van der Waals surface area contributed by atoms with Gasteiger partial charge >= 0.3 is 0 Å². The Morgan fingerprint density at radius 2 is 1.87 bits per heavy atom. The van der Waals surface area contributed by atoms with Crippen molar-refractivity contribution in [3.63, 3.8) is 0 Å². The number of amides is 2. The van der Waals surface area contributed by atoms with E-state index >= 15 is 0 Å². The molecule has 0 aliphatic carbocycles. The average molecular weight is 360 g/mol. The lowest BCUT2D eigenvalue weighted by atomic mass is 10.1. The second-order valence-electron chi connectivity index (χ2n) is 5.35. The standard InChI is InChI=1S/C15H19Cl2N3O3/c1-23-13-8-12(17)11(16)7-10(13)15(22)20-4-2-3-19(5-6-20)9-14(18)21/h7-8H,2-6,9H2,1H3,(H2,18,21). The largest absolute Gasteiger partial charge is 0.496 e. The minimum Gasteiger partial charge on any atom is -0.496 e. The Morgan fingerprint density at radius 1 is 1.17 bits per heavy atom. The van der Waals surface area contributed by atoms with E-state index < -0.39 is 0 Å². The molecule has 1 aromatic carbocycles. The van der Waals surface area contributed by atoms with E-state index in [4.69, 9.17) is 33.7 Å². The highest BCUT2D eigenvalue weighted by atomic mass is 35.5. The first kappa shape index (κ1) is 17.8. The van der Waals surface area contributed by atoms with Gasteiger partial charge in [0.2, 0.25) is 5.91 Å². The SMILES string of the molecule is COc1cc(Cl)c(Cl)cc1C(=O)N1CCCN(CC(N)=O)CC1. The quantitative estimate of drug-likeness (QED) is 0.886. The molecular formula is C15H19Cl2N3O3. The second kappa shape index (κ2) is 7.86. The number of nitrogens with two attached hydrogens (primary N) is 1. The maximum atomic E-state index is 12.8. The summed E-state index contributed by atoms with van der Waals surface area (Å²) in [7, 11) is 1.48. The van der Waals surface area contributed by atoms with Gasteiger partial charge < -0.3 is 15.4 Å². The van der Waals surface area contributed by atoms with Gasteiger partial charge in [0.25, 0.3) is 5.91 Å². The van der Waals surface area contributed by atoms with Gasteiger partial charge in [-0.1, -0.05) is 23.2 Å². The third kappa shape index (κ3) is 4.50. The molecule has 1 heterocycles. The third-order valence-electron chi connectivity index (χ3n) is 3.73. The fraction of sp³-hybridized carbons (Fsp3) is 0.467. The number of halogens is 2. The van der Waals surface area contributed by atoms with E-state index in [1.807, 2.05) is 4.90 Å². The first-order valence-electron chi connectivity index (χ1n) is 7.25. The monoisotopic (exact) mass is 359 g/mol. The van der Waals surface area contributed by atoms with Crippen molar-refractivity contribution in [3.05, 3.63) is 27.7 Å². The minimum atomic E-state index is -0.365. The number of carbonyl (C=O) groups is 2. The maximum Gasteiger partial charge on any atom is 0.257 e. The van der Waals surface area contributed by atoms with Crippen LogP contribution in [0.15, 0.2) is 12.1 Å². The normalized spacial score (nSPS) is 16.0. The number of ether oxygens (including phenoxy) is 1. The number of hydrogen-bond donors (Lipinski definition) is 1. The Kier molecular flexibility index (Phi) is 6.10. The van der Waals surface area contributed by atoms with Crippen molar-refractivity contribution in [2.45, 2.75) is 6.42 Å². The molecule has 126 valence electrons. The number of primary amides is 1. The average Bonchev–Trinajstić information content (AvgIpc) is 2.73. The minimum absolute atomic E-state index is 0.165. The van der Waals surface area contributed by atoms with Crippen molar-refractivity contribution in [1.82, 2.24) is 9.80 Å². The van der Waals surface area contributed by atoms with Crippen LogP contribution in [0.4, 0.5) is 0 Å². The van der Waals surface area contributed by atoms with E-state index in [9.17, 15) is 9.59 Å². The van der Waals surface area contributed by atoms with Crippen LogP contribution < -0.4 is 10.5 Å². The van der Waals surface area contributed by atoms with Gasteiger partial charge in [-0.05, 0) is 12.5 Å². The Labute approximate surface area is 145 Å². The van der Waals surface area contributed by atoms with Gasteiger partial charge in [-0.2, -0.15) is 0 Å². The maximum absolute atomic E-state index is 12.8. The van der Waals surface area contributed by atoms with Gasteiger partial charge in [0.15, 0.2) is 0 Å². The number of rotatable bonds is 4. The molecular weight excluding hydrogens is 341 g/mol. The molecule has 1 aliphatic rings. The van der Waals surface area contributed by atoms with Crippen molar-refractivity contribution >= 4 is 35.0 Å². The topological polar surface area (TPSA) is 75.9 Å². The molecule has 1 aromatic rings. The highest BCUT2D eigenvalue weighted by Crippen LogP contribution is 2.31. The molecule has 1 aliphatic heterocycles. The van der Waals surface area contributed by atoms with Crippen molar-refractivity contribution < 1.29 is 14.3 Å². The molecule has 0 radical (unpaired) electrons. The summed E-state index contributed by atoms with van der Waals surface area (Å²) in [5, 5.41) is 0.643. The summed E-state index contributed by atoms with van der Waals surface area (Å²) in [4.78, 5) is 27.5. The van der Waals surface area contributed by atoms with Gasteiger partial charge in [0, 0.05) is 32.2 Å². The molecule has 1 saturated heterocycles. The summed E-state index contributed by atoms with van der Waals surface area (Å²) in [5.41, 5.74) is 5.60. The van der Waals surface area contributed by atoms with Gasteiger partial charge in [0.05, 0.1) is 29.3 Å². The molecule has 0 atom stereocenters. The van der Waals surface area contributed by atoms with Crippen LogP contribution >= 0.6 is 23.2 Å². The third-order valence-corrected chi connectivity index (χ3v) is 4.45. The lowest BCUT2D eigenvalue weighted by molar-refractivity contribution is -0.119. The van der Waals surface area contributed by atoms with Crippen molar-refractivity contribution in [1.29, 1.82) is 0 Å². The van der Waals surface area contributed by atoms with Crippen molar-refractivity contribution in [3.8, 4) is 5.75 Å². The summed E-state index contributed by atoms with van der Waals surface area (Å²) in [6.07, 6.45) is 0.767. The molecule has 2 amide bonds. The fourth-order valence-corrected chi connectivity index (χ4v) is 2.90. The lowest BCUT2D eigenvalue weighted by Crippen LogP contribution is -2.38. The van der Waals surface area contributed by atoms with Crippen LogP contribution in [-0.2, 0) is 4.79 Å². The number of benzene rings is 1. The van der Waals surface area contributed by atoms with Crippen LogP contribution in [-0.4, -0.2) is 61.4 Å². The molecule has 8 heteroatoms. The highest BCUT2D eigenvalue weighted by Gasteiger charge is 2.24. The zero-order valence-corrected chi connectivity index (χ0v) is 14.4. The molecule has 6 nitrogen and oxygen atoms in total. The predicted molar refractivity (Wildman–Crippen MR) is 89.2 cm³/mol. The molecule has 2 N–H and O–H groups in total. The van der Waals surface area contributed by atoms with Gasteiger partial charge in [-0.3, -0.25) is 14.5 Å². The molecule has 0 bridgehead atoms. The van der Waals surface area contributed by atoms with Crippen LogP contribution in [0.3, 0.4) is 0 Å². The van der Waals surface area contributed by atoms with Gasteiger partial charge in [0.1, 0.15) is 5.75 Å². The number of carbonyl (C=O) groups excluding carboxylic acids is 2. The molecule has 23 heavy (non-hydrogen) atoms. The van der Waals surface area contributed by atoms with Crippen LogP contribution in [0, 0.1) is 0 Å². The fourth-order valence-electron chi connectivity index (χ4n) is 2.59. The van der Waals surface area contributed by atoms with E-state index in [2.05, 4.69) is 0 Å². The molecule has 0 aromatic heterocycles. The summed E-state index contributed by atoms with van der Waals surface area (Å²) in [6, 6.07) is 3.06. The first-order chi connectivity index (χ1) is 10.9. The van der Waals surface area contributed by atoms with Crippen LogP contribution in [0.25, 0.3) is 0 Å². The molecule has 0 unspecified atom stereocenters. The summed E-state index contributed by atoms with van der Waals surface area (Å²) < 4.78 is 5.24. The van der Waals surface area contributed by atoms with E-state index in [0.717, 1.165) is 13.0 Å². The summed E-state index contributed by atoms with van der Waals surface area (Å²) in [5.74, 6) is -0.139. The Hall–Kier alpha value is -1.50. The highest BCUT2D eigenvalue weighted by molar-refractivity contribution is 6.42. The molecule has 0 spiro atoms. The number of hydrogen-bond acceptors (Lipinski definition) is 4. The Morgan fingerprint density at radius 3 is 2.52 bits per heavy atom. The zero-order chi connectivity index (χ0) is 17.0. The van der Waals surface area contributed by atoms with Crippen LogP contribution in [0.5, 0.6) is 5.75 Å².